The third-order valence-electron chi connectivity index (χ3n) is 3.76. The van der Waals surface area contributed by atoms with E-state index in [0.29, 0.717) is 29.2 Å². The molecule has 122 valence electrons. The number of ether oxygens (including phenoxy) is 1. The summed E-state index contributed by atoms with van der Waals surface area (Å²) in [6.07, 6.45) is 0.891. The van der Waals surface area contributed by atoms with E-state index in [1.807, 2.05) is 37.3 Å². The van der Waals surface area contributed by atoms with Crippen LogP contribution in [-0.4, -0.2) is 12.4 Å². The summed E-state index contributed by atoms with van der Waals surface area (Å²) >= 11 is 0. The molecule has 0 unspecified atom stereocenters. The normalized spacial score (nSPS) is 11.3. The molecule has 2 aromatic rings. The van der Waals surface area contributed by atoms with Gasteiger partial charge in [0.2, 0.25) is 0 Å². The first-order valence-corrected chi connectivity index (χ1v) is 8.01. The van der Waals surface area contributed by atoms with E-state index in [0.717, 1.165) is 12.0 Å². The van der Waals surface area contributed by atoms with Crippen molar-refractivity contribution in [1.29, 1.82) is 0 Å². The molecule has 0 aliphatic rings. The molecule has 0 aliphatic carbocycles. The van der Waals surface area contributed by atoms with Crippen LogP contribution in [0.25, 0.3) is 0 Å². The molecule has 0 aliphatic heterocycles. The van der Waals surface area contributed by atoms with E-state index in [2.05, 4.69) is 20.8 Å². The smallest absolute Gasteiger partial charge is 0.198 e. The fraction of sp³-hybridized carbons (Fsp3) is 0.350. The second kappa shape index (κ2) is 6.86. The van der Waals surface area contributed by atoms with Crippen molar-refractivity contribution in [2.75, 3.05) is 12.3 Å². The van der Waals surface area contributed by atoms with Gasteiger partial charge in [-0.2, -0.15) is 0 Å². The zero-order valence-corrected chi connectivity index (χ0v) is 14.3. The zero-order valence-electron chi connectivity index (χ0n) is 14.3. The number of rotatable bonds is 5. The van der Waals surface area contributed by atoms with Crippen LogP contribution in [-0.2, 0) is 5.41 Å². The van der Waals surface area contributed by atoms with Gasteiger partial charge in [-0.15, -0.1) is 0 Å². The number of hydrogen-bond acceptors (Lipinski definition) is 3. The Hall–Kier alpha value is -2.29. The molecule has 3 nitrogen and oxygen atoms in total. The highest BCUT2D eigenvalue weighted by molar-refractivity contribution is 6.13. The second-order valence-corrected chi connectivity index (χ2v) is 6.73. The Labute approximate surface area is 138 Å². The summed E-state index contributed by atoms with van der Waals surface area (Å²) in [4.78, 5) is 13.0. The van der Waals surface area contributed by atoms with Crippen molar-refractivity contribution in [2.45, 2.75) is 39.5 Å². The summed E-state index contributed by atoms with van der Waals surface area (Å²) in [6.45, 7) is 9.00. The van der Waals surface area contributed by atoms with Gasteiger partial charge >= 0.3 is 0 Å². The molecule has 0 saturated carbocycles. The molecular formula is C20H25NO2. The van der Waals surface area contributed by atoms with E-state index < -0.39 is 0 Å². The molecule has 0 amide bonds. The van der Waals surface area contributed by atoms with Gasteiger partial charge in [0.25, 0.3) is 0 Å². The topological polar surface area (TPSA) is 52.3 Å². The number of anilines is 1. The molecule has 3 heteroatoms. The maximum atomic E-state index is 13.0. The van der Waals surface area contributed by atoms with Gasteiger partial charge < -0.3 is 10.5 Å². The van der Waals surface area contributed by atoms with Crippen LogP contribution in [0.15, 0.2) is 42.5 Å². The molecule has 2 rings (SSSR count). The van der Waals surface area contributed by atoms with Crippen LogP contribution in [0, 0.1) is 0 Å². The fourth-order valence-corrected chi connectivity index (χ4v) is 2.36. The van der Waals surface area contributed by atoms with E-state index in [-0.39, 0.29) is 11.2 Å². The Morgan fingerprint density at radius 3 is 2.39 bits per heavy atom. The monoisotopic (exact) mass is 311 g/mol. The Kier molecular flexibility index (Phi) is 5.09. The van der Waals surface area contributed by atoms with Crippen molar-refractivity contribution in [3.8, 4) is 5.75 Å². The molecule has 0 atom stereocenters. The molecule has 0 spiro atoms. The Morgan fingerprint density at radius 1 is 1.09 bits per heavy atom. The van der Waals surface area contributed by atoms with Crippen molar-refractivity contribution >= 4 is 11.5 Å². The molecule has 0 heterocycles. The van der Waals surface area contributed by atoms with Crippen LogP contribution in [0.2, 0.25) is 0 Å². The minimum absolute atomic E-state index is 0.0411. The van der Waals surface area contributed by atoms with E-state index in [4.69, 9.17) is 10.5 Å². The molecule has 0 fully saturated rings. The lowest BCUT2D eigenvalue weighted by Crippen LogP contribution is -2.14. The standard InChI is InChI=1S/C20H25NO2/c1-5-12-23-18-11-10-14(20(2,3)4)13-16(18)19(22)15-8-6-7-9-17(15)21/h6-11,13H,5,12,21H2,1-4H3. The highest BCUT2D eigenvalue weighted by Crippen LogP contribution is 2.30. The third kappa shape index (κ3) is 3.92. The van der Waals surface area contributed by atoms with Gasteiger partial charge in [-0.1, -0.05) is 45.9 Å². The number of ketones is 1. The highest BCUT2D eigenvalue weighted by atomic mass is 16.5. The average Bonchev–Trinajstić information content (AvgIpc) is 2.51. The van der Waals surface area contributed by atoms with E-state index in [9.17, 15) is 4.79 Å². The van der Waals surface area contributed by atoms with Crippen molar-refractivity contribution < 1.29 is 9.53 Å². The molecule has 23 heavy (non-hydrogen) atoms. The minimum Gasteiger partial charge on any atom is -0.493 e. The summed E-state index contributed by atoms with van der Waals surface area (Å²) in [5.74, 6) is 0.522. The first-order valence-electron chi connectivity index (χ1n) is 8.01. The molecule has 0 radical (unpaired) electrons. The van der Waals surface area contributed by atoms with Crippen molar-refractivity contribution in [3.05, 3.63) is 59.2 Å². The predicted octanol–water partition coefficient (Wildman–Crippen LogP) is 4.59. The first-order chi connectivity index (χ1) is 10.8. The van der Waals surface area contributed by atoms with Crippen molar-refractivity contribution in [2.24, 2.45) is 0 Å². The van der Waals surface area contributed by atoms with Gasteiger partial charge in [0.15, 0.2) is 5.78 Å². The third-order valence-corrected chi connectivity index (χ3v) is 3.76. The van der Waals surface area contributed by atoms with Gasteiger partial charge in [-0.05, 0) is 41.7 Å². The Bertz CT molecular complexity index is 699. The average molecular weight is 311 g/mol. The number of hydrogen-bond donors (Lipinski definition) is 1. The number of para-hydroxylation sites is 1. The quantitative estimate of drug-likeness (QED) is 0.649. The van der Waals surface area contributed by atoms with Crippen LogP contribution in [0.5, 0.6) is 5.75 Å². The molecule has 2 aromatic carbocycles. The number of carbonyl (C=O) groups excluding carboxylic acids is 1. The molecule has 0 bridgehead atoms. The van der Waals surface area contributed by atoms with Crippen LogP contribution in [0.1, 0.15) is 55.6 Å². The largest absolute Gasteiger partial charge is 0.493 e. The second-order valence-electron chi connectivity index (χ2n) is 6.73. The van der Waals surface area contributed by atoms with E-state index in [1.54, 1.807) is 12.1 Å². The summed E-state index contributed by atoms with van der Waals surface area (Å²) in [5.41, 5.74) is 8.60. The fourth-order valence-electron chi connectivity index (χ4n) is 2.36. The number of benzene rings is 2. The van der Waals surface area contributed by atoms with Gasteiger partial charge in [0, 0.05) is 11.3 Å². The maximum absolute atomic E-state index is 13.0. The van der Waals surface area contributed by atoms with E-state index >= 15 is 0 Å². The summed E-state index contributed by atoms with van der Waals surface area (Å²) < 4.78 is 5.77. The molecular weight excluding hydrogens is 286 g/mol. The summed E-state index contributed by atoms with van der Waals surface area (Å²) in [6, 6.07) is 13.0. The predicted molar refractivity (Wildman–Crippen MR) is 95.2 cm³/mol. The van der Waals surface area contributed by atoms with Crippen LogP contribution < -0.4 is 10.5 Å². The van der Waals surface area contributed by atoms with Gasteiger partial charge in [0.05, 0.1) is 12.2 Å². The number of nitrogens with two attached hydrogens (primary N) is 1. The van der Waals surface area contributed by atoms with E-state index in [1.165, 1.54) is 0 Å². The minimum atomic E-state index is -0.0969. The lowest BCUT2D eigenvalue weighted by molar-refractivity contribution is 0.103. The van der Waals surface area contributed by atoms with Crippen LogP contribution in [0.4, 0.5) is 5.69 Å². The van der Waals surface area contributed by atoms with Gasteiger partial charge in [0.1, 0.15) is 5.75 Å². The molecule has 0 aromatic heterocycles. The van der Waals surface area contributed by atoms with Crippen LogP contribution >= 0.6 is 0 Å². The van der Waals surface area contributed by atoms with Gasteiger partial charge in [-0.25, -0.2) is 0 Å². The maximum Gasteiger partial charge on any atom is 0.198 e. The van der Waals surface area contributed by atoms with Crippen molar-refractivity contribution in [3.63, 3.8) is 0 Å². The van der Waals surface area contributed by atoms with Crippen molar-refractivity contribution in [1.82, 2.24) is 0 Å². The zero-order chi connectivity index (χ0) is 17.0. The lowest BCUT2D eigenvalue weighted by Gasteiger charge is -2.21. The first kappa shape index (κ1) is 17.1. The summed E-state index contributed by atoms with van der Waals surface area (Å²) in [5, 5.41) is 0. The van der Waals surface area contributed by atoms with Gasteiger partial charge in [-0.3, -0.25) is 4.79 Å². The molecule has 2 N–H and O–H groups in total. The lowest BCUT2D eigenvalue weighted by atomic mass is 9.85. The summed E-state index contributed by atoms with van der Waals surface area (Å²) in [7, 11) is 0. The number of nitrogen functional groups attached to an aromatic ring is 1. The SMILES string of the molecule is CCCOc1ccc(C(C)(C)C)cc1C(=O)c1ccccc1N. The highest BCUT2D eigenvalue weighted by Gasteiger charge is 2.21. The Morgan fingerprint density at radius 2 is 1.78 bits per heavy atom. The number of carbonyl (C=O) groups is 1. The van der Waals surface area contributed by atoms with Crippen LogP contribution in [0.3, 0.4) is 0 Å². The molecule has 0 saturated heterocycles. The Balaban J connectivity index is 2.52.